The van der Waals surface area contributed by atoms with Crippen LogP contribution in [-0.4, -0.2) is 72.4 Å². The van der Waals surface area contributed by atoms with Crippen LogP contribution in [0.1, 0.15) is 53.5 Å². The highest BCUT2D eigenvalue weighted by Crippen LogP contribution is 2.39. The smallest absolute Gasteiger partial charge is 0.356 e. The Morgan fingerprint density at radius 1 is 0.810 bits per heavy atom. The van der Waals surface area contributed by atoms with E-state index in [4.69, 9.17) is 5.73 Å². The molecule has 0 radical (unpaired) electrons. The number of rotatable bonds is 18. The molecule has 0 spiro atoms. The van der Waals surface area contributed by atoms with Crippen molar-refractivity contribution in [3.63, 3.8) is 0 Å². The van der Waals surface area contributed by atoms with Gasteiger partial charge in [0.2, 0.25) is 23.6 Å². The van der Waals surface area contributed by atoms with Crippen LogP contribution in [0.25, 0.3) is 10.8 Å². The van der Waals surface area contributed by atoms with Crippen LogP contribution in [0.3, 0.4) is 0 Å². The fraction of sp³-hybridized carbons (Fsp3) is 0.325. The van der Waals surface area contributed by atoms with Gasteiger partial charge in [0.1, 0.15) is 11.6 Å². The van der Waals surface area contributed by atoms with Crippen LogP contribution in [0.5, 0.6) is 0 Å². The predicted octanol–water partition coefficient (Wildman–Crippen LogP) is 2.11. The number of carbonyl (C=O) groups is 5. The van der Waals surface area contributed by atoms with Crippen molar-refractivity contribution in [1.82, 2.24) is 16.0 Å². The Morgan fingerprint density at radius 2 is 1.50 bits per heavy atom. The van der Waals surface area contributed by atoms with Crippen molar-refractivity contribution < 1.29 is 57.8 Å². The van der Waals surface area contributed by atoms with Gasteiger partial charge in [0.25, 0.3) is 0 Å². The molecule has 58 heavy (non-hydrogen) atoms. The Balaban J connectivity index is 1.37. The number of nitrogens with two attached hydrogens (primary N) is 1. The van der Waals surface area contributed by atoms with Crippen molar-refractivity contribution in [2.24, 2.45) is 11.7 Å². The first kappa shape index (κ1) is 43.9. The number of fused-ring (bicyclic) bond motifs is 2. The zero-order valence-electron chi connectivity index (χ0n) is 31.4. The number of carbonyl (C=O) groups excluding carboxylic acids is 4. The van der Waals surface area contributed by atoms with Crippen LogP contribution in [0.4, 0.5) is 0 Å². The quantitative estimate of drug-likeness (QED) is 0.0515. The maximum atomic E-state index is 14.4. The molecule has 18 heteroatoms. The number of hydrogen-bond acceptors (Lipinski definition) is 7. The number of carboxylic acid groups (broad SMARTS) is 1. The van der Waals surface area contributed by atoms with Crippen molar-refractivity contribution >= 4 is 60.9 Å². The molecule has 5 rings (SSSR count). The monoisotopic (exact) mass is 836 g/mol. The van der Waals surface area contributed by atoms with Gasteiger partial charge >= 0.3 is 21.2 Å². The van der Waals surface area contributed by atoms with E-state index in [-0.39, 0.29) is 37.5 Å². The molecule has 0 saturated carbocycles. The molecule has 0 heterocycles. The normalized spacial score (nSPS) is 16.4. The van der Waals surface area contributed by atoms with Gasteiger partial charge in [-0.05, 0) is 82.8 Å². The van der Waals surface area contributed by atoms with E-state index < -0.39 is 81.3 Å². The van der Waals surface area contributed by atoms with Crippen LogP contribution in [0.2, 0.25) is 0 Å². The molecule has 0 saturated heterocycles. The average Bonchev–Trinajstić information content (AvgIpc) is 3.15. The molecule has 0 bridgehead atoms. The van der Waals surface area contributed by atoms with E-state index in [0.717, 1.165) is 16.3 Å². The van der Waals surface area contributed by atoms with Gasteiger partial charge in [0, 0.05) is 13.0 Å². The molecule has 1 aliphatic carbocycles. The number of amides is 4. The third-order valence-corrected chi connectivity index (χ3v) is 11.9. The number of hydrogen-bond donors (Lipinski definition) is 9. The first-order valence-electron chi connectivity index (χ1n) is 18.5. The Hall–Kier alpha value is -5.21. The second kappa shape index (κ2) is 18.6. The molecular weight excluding hydrogens is 790 g/mol. The second-order valence-electron chi connectivity index (χ2n) is 14.6. The van der Waals surface area contributed by atoms with Crippen molar-refractivity contribution in [2.45, 2.75) is 69.1 Å². The summed E-state index contributed by atoms with van der Waals surface area (Å²) in [5.74, 6) is -5.81. The van der Waals surface area contributed by atoms with Gasteiger partial charge in [-0.25, -0.2) is 0 Å². The van der Waals surface area contributed by atoms with Crippen LogP contribution in [-0.2, 0) is 64.9 Å². The second-order valence-corrected chi connectivity index (χ2v) is 17.9. The Kier molecular flexibility index (Phi) is 14.1. The van der Waals surface area contributed by atoms with Gasteiger partial charge in [-0.1, -0.05) is 72.8 Å². The van der Waals surface area contributed by atoms with Crippen LogP contribution in [0.15, 0.2) is 84.9 Å². The standard InChI is InChI=1S/C40H46N4O12P2/c41-35(45)22-34(38(49)42-18-4-8-28-7-3-6-27-5-1-2-9-33(27)28)43-39(50)40(17-16-29-20-32(58(54,55)56)15-14-30(29)23-40)44-37(48)31(21-36(46)47)19-25-10-12-26(13-11-25)24-57(51,52)53/h1-3,5-7,9-15,20,31,34H,4,8,16-19,21-24H2,(H2,41,45)(H,42,49)(H,43,50)(H,44,48)(H,46,47)(H2,51,52,53)(H2,54,55,56)/t31-,34-,40-/m0/s1. The molecule has 0 aliphatic heterocycles. The number of carboxylic acids is 1. The van der Waals surface area contributed by atoms with Crippen molar-refractivity contribution in [1.29, 1.82) is 0 Å². The molecule has 0 aromatic heterocycles. The number of aliphatic carboxylic acids is 1. The van der Waals surface area contributed by atoms with E-state index in [1.165, 1.54) is 42.5 Å². The summed E-state index contributed by atoms with van der Waals surface area (Å²) in [7, 11) is -8.99. The van der Waals surface area contributed by atoms with Crippen molar-refractivity contribution in [3.8, 4) is 0 Å². The summed E-state index contributed by atoms with van der Waals surface area (Å²) < 4.78 is 23.4. The van der Waals surface area contributed by atoms with E-state index in [1.54, 1.807) is 0 Å². The lowest BCUT2D eigenvalue weighted by molar-refractivity contribution is -0.143. The van der Waals surface area contributed by atoms with Gasteiger partial charge in [0.05, 0.1) is 30.2 Å². The molecule has 16 nitrogen and oxygen atoms in total. The van der Waals surface area contributed by atoms with Gasteiger partial charge in [-0.2, -0.15) is 0 Å². The van der Waals surface area contributed by atoms with E-state index in [0.29, 0.717) is 35.1 Å². The van der Waals surface area contributed by atoms with Crippen LogP contribution < -0.4 is 27.0 Å². The van der Waals surface area contributed by atoms with Gasteiger partial charge in [0.15, 0.2) is 0 Å². The topological polar surface area (TPSA) is 283 Å². The lowest BCUT2D eigenvalue weighted by Gasteiger charge is -2.39. The molecule has 4 aromatic carbocycles. The number of nitrogens with one attached hydrogen (secondary N) is 3. The van der Waals surface area contributed by atoms with Gasteiger partial charge < -0.3 is 46.4 Å². The highest BCUT2D eigenvalue weighted by molar-refractivity contribution is 7.60. The fourth-order valence-electron chi connectivity index (χ4n) is 7.26. The maximum Gasteiger partial charge on any atom is 0.356 e. The first-order chi connectivity index (χ1) is 27.3. The summed E-state index contributed by atoms with van der Waals surface area (Å²) in [5.41, 5.74) is 6.53. The van der Waals surface area contributed by atoms with E-state index in [1.807, 2.05) is 42.5 Å². The van der Waals surface area contributed by atoms with Crippen LogP contribution in [0, 0.1) is 5.92 Å². The molecule has 308 valence electrons. The third kappa shape index (κ3) is 11.9. The largest absolute Gasteiger partial charge is 0.481 e. The molecule has 0 fully saturated rings. The zero-order valence-corrected chi connectivity index (χ0v) is 33.2. The van der Waals surface area contributed by atoms with Gasteiger partial charge in [-0.15, -0.1) is 0 Å². The fourth-order valence-corrected chi connectivity index (χ4v) is 8.54. The minimum atomic E-state index is -4.63. The Labute approximate surface area is 333 Å². The molecule has 4 aromatic rings. The average molecular weight is 837 g/mol. The maximum absolute atomic E-state index is 14.4. The summed E-state index contributed by atoms with van der Waals surface area (Å²) in [6, 6.07) is 22.3. The molecule has 10 N–H and O–H groups in total. The summed E-state index contributed by atoms with van der Waals surface area (Å²) in [5, 5.41) is 19.8. The lowest BCUT2D eigenvalue weighted by Crippen LogP contribution is -2.65. The summed E-state index contributed by atoms with van der Waals surface area (Å²) in [4.78, 5) is 104. The van der Waals surface area contributed by atoms with E-state index >= 15 is 0 Å². The number of aryl methyl sites for hydroxylation is 2. The summed E-state index contributed by atoms with van der Waals surface area (Å²) in [6.45, 7) is 0.196. The third-order valence-electron chi connectivity index (χ3n) is 10.2. The van der Waals surface area contributed by atoms with E-state index in [2.05, 4.69) is 16.0 Å². The Morgan fingerprint density at radius 3 is 2.17 bits per heavy atom. The highest BCUT2D eigenvalue weighted by Gasteiger charge is 2.45. The zero-order chi connectivity index (χ0) is 42.3. The molecular formula is C40H46N4O12P2. The lowest BCUT2D eigenvalue weighted by atomic mass is 9.76. The molecule has 4 amide bonds. The first-order valence-corrected chi connectivity index (χ1v) is 21.9. The van der Waals surface area contributed by atoms with E-state index in [9.17, 15) is 57.8 Å². The Bertz CT molecular complexity index is 2290. The van der Waals surface area contributed by atoms with Crippen LogP contribution >= 0.6 is 15.2 Å². The van der Waals surface area contributed by atoms with Crippen molar-refractivity contribution in [3.05, 3.63) is 113 Å². The minimum Gasteiger partial charge on any atom is -0.481 e. The van der Waals surface area contributed by atoms with Gasteiger partial charge in [-0.3, -0.25) is 33.1 Å². The number of benzene rings is 4. The molecule has 1 aliphatic rings. The van der Waals surface area contributed by atoms with Crippen molar-refractivity contribution in [2.75, 3.05) is 6.54 Å². The summed E-state index contributed by atoms with van der Waals surface area (Å²) >= 11 is 0. The SMILES string of the molecule is NC(=O)C[C@H](NC(=O)[C@]1(NC(=O)[C@H](CC(=O)O)Cc2ccc(CP(=O)(O)O)cc2)CCc2cc(P(=O)(O)O)ccc2C1)C(=O)NCCCc1cccc2ccccc12. The predicted molar refractivity (Wildman–Crippen MR) is 214 cm³/mol. The molecule has 0 unspecified atom stereocenters. The number of primary amides is 1. The molecule has 3 atom stereocenters. The minimum absolute atomic E-state index is 0.0440. The summed E-state index contributed by atoms with van der Waals surface area (Å²) in [6.07, 6.45) is -1.01. The highest BCUT2D eigenvalue weighted by atomic mass is 31.2.